The highest BCUT2D eigenvalue weighted by Crippen LogP contribution is 2.25. The van der Waals surface area contributed by atoms with E-state index in [9.17, 15) is 5.11 Å². The van der Waals surface area contributed by atoms with Crippen LogP contribution in [0.4, 0.5) is 5.69 Å². The quantitative estimate of drug-likeness (QED) is 0.779. The number of hydrogen-bond acceptors (Lipinski definition) is 4. The number of rotatable bonds is 6. The molecule has 1 heterocycles. The fourth-order valence-corrected chi connectivity index (χ4v) is 2.45. The van der Waals surface area contributed by atoms with Crippen LogP contribution in [0.2, 0.25) is 0 Å². The van der Waals surface area contributed by atoms with Crippen molar-refractivity contribution in [2.75, 3.05) is 26.1 Å². The monoisotopic (exact) mass is 263 g/mol. The Kier molecular flexibility index (Phi) is 4.39. The standard InChI is InChI=1S/C14H21N3O2/c1-3-14-16-12-8-10(15)4-5-13(12)17(14)11(6-7-18)9-19-2/h4-5,8,11,18H,3,6-7,9,15H2,1-2H3. The summed E-state index contributed by atoms with van der Waals surface area (Å²) in [6, 6.07) is 5.84. The van der Waals surface area contributed by atoms with E-state index in [-0.39, 0.29) is 12.6 Å². The van der Waals surface area contributed by atoms with Crippen molar-refractivity contribution in [2.24, 2.45) is 0 Å². The number of nitrogens with zero attached hydrogens (tertiary/aromatic N) is 2. The van der Waals surface area contributed by atoms with Gasteiger partial charge in [-0.25, -0.2) is 4.98 Å². The molecule has 2 aromatic rings. The maximum atomic E-state index is 9.23. The Morgan fingerprint density at radius 2 is 2.26 bits per heavy atom. The third-order valence-electron chi connectivity index (χ3n) is 3.29. The van der Waals surface area contributed by atoms with E-state index in [1.807, 2.05) is 18.2 Å². The van der Waals surface area contributed by atoms with E-state index in [2.05, 4.69) is 16.5 Å². The number of methoxy groups -OCH3 is 1. The summed E-state index contributed by atoms with van der Waals surface area (Å²) < 4.78 is 7.43. The number of hydrogen-bond donors (Lipinski definition) is 2. The highest BCUT2D eigenvalue weighted by molar-refractivity contribution is 5.79. The Bertz CT molecular complexity index is 545. The van der Waals surface area contributed by atoms with Crippen LogP contribution in [0.1, 0.15) is 25.2 Å². The smallest absolute Gasteiger partial charge is 0.109 e. The predicted molar refractivity (Wildman–Crippen MR) is 76.1 cm³/mol. The minimum absolute atomic E-state index is 0.0959. The molecule has 5 nitrogen and oxygen atoms in total. The molecule has 0 aliphatic heterocycles. The summed E-state index contributed by atoms with van der Waals surface area (Å²) in [5.41, 5.74) is 8.46. The number of imidazole rings is 1. The number of aliphatic hydroxyl groups is 1. The molecule has 5 heteroatoms. The second-order valence-corrected chi connectivity index (χ2v) is 4.62. The van der Waals surface area contributed by atoms with Crippen molar-refractivity contribution in [1.29, 1.82) is 0 Å². The van der Waals surface area contributed by atoms with Crippen molar-refractivity contribution < 1.29 is 9.84 Å². The van der Waals surface area contributed by atoms with Gasteiger partial charge in [-0.2, -0.15) is 0 Å². The van der Waals surface area contributed by atoms with Gasteiger partial charge in [0.2, 0.25) is 0 Å². The third-order valence-corrected chi connectivity index (χ3v) is 3.29. The molecule has 0 saturated heterocycles. The predicted octanol–water partition coefficient (Wildman–Crippen LogP) is 1.75. The molecule has 104 valence electrons. The zero-order valence-corrected chi connectivity index (χ0v) is 11.5. The van der Waals surface area contributed by atoms with Crippen LogP contribution in [0.15, 0.2) is 18.2 Å². The van der Waals surface area contributed by atoms with E-state index in [0.29, 0.717) is 18.7 Å². The molecule has 0 radical (unpaired) electrons. The number of nitrogen functional groups attached to an aromatic ring is 1. The summed E-state index contributed by atoms with van der Waals surface area (Å²) >= 11 is 0. The Morgan fingerprint density at radius 3 is 2.89 bits per heavy atom. The summed E-state index contributed by atoms with van der Waals surface area (Å²) in [4.78, 5) is 4.62. The lowest BCUT2D eigenvalue weighted by molar-refractivity contribution is 0.136. The first-order valence-electron chi connectivity index (χ1n) is 6.57. The number of aliphatic hydroxyl groups excluding tert-OH is 1. The molecular weight excluding hydrogens is 242 g/mol. The van der Waals surface area contributed by atoms with E-state index in [4.69, 9.17) is 10.5 Å². The van der Waals surface area contributed by atoms with Crippen LogP contribution in [0.3, 0.4) is 0 Å². The van der Waals surface area contributed by atoms with E-state index < -0.39 is 0 Å². The van der Waals surface area contributed by atoms with Crippen molar-refractivity contribution in [3.05, 3.63) is 24.0 Å². The van der Waals surface area contributed by atoms with Gasteiger partial charge in [-0.1, -0.05) is 6.92 Å². The first-order valence-corrected chi connectivity index (χ1v) is 6.57. The molecule has 0 bridgehead atoms. The van der Waals surface area contributed by atoms with Crippen molar-refractivity contribution in [3.63, 3.8) is 0 Å². The average molecular weight is 263 g/mol. The van der Waals surface area contributed by atoms with Gasteiger partial charge in [0, 0.05) is 25.8 Å². The summed E-state index contributed by atoms with van der Waals surface area (Å²) in [6.07, 6.45) is 1.48. The molecule has 0 amide bonds. The van der Waals surface area contributed by atoms with Crippen molar-refractivity contribution >= 4 is 16.7 Å². The molecular formula is C14H21N3O2. The van der Waals surface area contributed by atoms with Crippen molar-refractivity contribution in [3.8, 4) is 0 Å². The molecule has 0 fully saturated rings. The zero-order valence-electron chi connectivity index (χ0n) is 11.5. The minimum atomic E-state index is 0.0959. The van der Waals surface area contributed by atoms with Crippen LogP contribution in [-0.2, 0) is 11.2 Å². The van der Waals surface area contributed by atoms with Gasteiger partial charge in [0.05, 0.1) is 23.7 Å². The van der Waals surface area contributed by atoms with E-state index in [0.717, 1.165) is 23.3 Å². The first kappa shape index (κ1) is 13.8. The van der Waals surface area contributed by atoms with Crippen LogP contribution >= 0.6 is 0 Å². The molecule has 3 N–H and O–H groups in total. The summed E-state index contributed by atoms with van der Waals surface area (Å²) in [5, 5.41) is 9.23. The number of benzene rings is 1. The Hall–Kier alpha value is -1.59. The largest absolute Gasteiger partial charge is 0.399 e. The van der Waals surface area contributed by atoms with E-state index in [1.54, 1.807) is 7.11 Å². The fraction of sp³-hybridized carbons (Fsp3) is 0.500. The Morgan fingerprint density at radius 1 is 1.47 bits per heavy atom. The molecule has 0 saturated carbocycles. The number of fused-ring (bicyclic) bond motifs is 1. The molecule has 1 aromatic carbocycles. The normalized spacial score (nSPS) is 13.0. The zero-order chi connectivity index (χ0) is 13.8. The molecule has 1 atom stereocenters. The van der Waals surface area contributed by atoms with Crippen LogP contribution in [-0.4, -0.2) is 35.0 Å². The second kappa shape index (κ2) is 6.04. The topological polar surface area (TPSA) is 73.3 Å². The highest BCUT2D eigenvalue weighted by Gasteiger charge is 2.18. The van der Waals surface area contributed by atoms with Crippen LogP contribution in [0.5, 0.6) is 0 Å². The lowest BCUT2D eigenvalue weighted by atomic mass is 10.2. The second-order valence-electron chi connectivity index (χ2n) is 4.62. The molecule has 1 aromatic heterocycles. The summed E-state index contributed by atoms with van der Waals surface area (Å²) in [5.74, 6) is 0.996. The van der Waals surface area contributed by atoms with Crippen LogP contribution < -0.4 is 5.73 Å². The lowest BCUT2D eigenvalue weighted by Gasteiger charge is -2.20. The third kappa shape index (κ3) is 2.72. The molecule has 1 unspecified atom stereocenters. The van der Waals surface area contributed by atoms with Gasteiger partial charge in [0.15, 0.2) is 0 Å². The number of aromatic nitrogens is 2. The summed E-state index contributed by atoms with van der Waals surface area (Å²) in [7, 11) is 1.67. The average Bonchev–Trinajstić information content (AvgIpc) is 2.75. The molecule has 19 heavy (non-hydrogen) atoms. The molecule has 0 aliphatic carbocycles. The van der Waals surface area contributed by atoms with Gasteiger partial charge in [-0.05, 0) is 24.6 Å². The summed E-state index contributed by atoms with van der Waals surface area (Å²) in [6.45, 7) is 2.76. The lowest BCUT2D eigenvalue weighted by Crippen LogP contribution is -2.18. The highest BCUT2D eigenvalue weighted by atomic mass is 16.5. The SMILES string of the molecule is CCc1nc2cc(N)ccc2n1C(CCO)COC. The molecule has 0 aliphatic rings. The number of anilines is 1. The van der Waals surface area contributed by atoms with Gasteiger partial charge >= 0.3 is 0 Å². The van der Waals surface area contributed by atoms with Crippen LogP contribution in [0.25, 0.3) is 11.0 Å². The molecule has 2 rings (SSSR count). The maximum Gasteiger partial charge on any atom is 0.109 e. The fourth-order valence-electron chi connectivity index (χ4n) is 2.45. The minimum Gasteiger partial charge on any atom is -0.399 e. The maximum absolute atomic E-state index is 9.23. The molecule has 0 spiro atoms. The van der Waals surface area contributed by atoms with E-state index >= 15 is 0 Å². The van der Waals surface area contributed by atoms with Crippen molar-refractivity contribution in [1.82, 2.24) is 9.55 Å². The number of ether oxygens (including phenoxy) is 1. The van der Waals surface area contributed by atoms with Gasteiger partial charge in [0.25, 0.3) is 0 Å². The number of nitrogens with two attached hydrogens (primary N) is 1. The van der Waals surface area contributed by atoms with Gasteiger partial charge in [0.1, 0.15) is 5.82 Å². The van der Waals surface area contributed by atoms with Gasteiger partial charge < -0.3 is 20.1 Å². The first-order chi connectivity index (χ1) is 9.21. The number of aryl methyl sites for hydroxylation is 1. The Labute approximate surface area is 113 Å². The Balaban J connectivity index is 2.54. The van der Waals surface area contributed by atoms with Gasteiger partial charge in [-0.15, -0.1) is 0 Å². The van der Waals surface area contributed by atoms with E-state index in [1.165, 1.54) is 0 Å². The van der Waals surface area contributed by atoms with Gasteiger partial charge in [-0.3, -0.25) is 0 Å². The van der Waals surface area contributed by atoms with Crippen molar-refractivity contribution in [2.45, 2.75) is 25.8 Å². The van der Waals surface area contributed by atoms with Crippen LogP contribution in [0, 0.1) is 0 Å².